The number of hydrogen-bond acceptors (Lipinski definition) is 3. The lowest BCUT2D eigenvalue weighted by atomic mass is 10.2. The smallest absolute Gasteiger partial charge is 0.478 e. The molecule has 0 aliphatic heterocycles. The molecule has 1 N–H and O–H groups in total. The van der Waals surface area contributed by atoms with Gasteiger partial charge < -0.3 is 9.84 Å². The number of hydrogen-bond donors (Lipinski definition) is 1. The Morgan fingerprint density at radius 2 is 2.00 bits per heavy atom. The number of carboxylic acid groups (broad SMARTS) is 1. The first kappa shape index (κ1) is 19.7. The number of fused-ring (bicyclic) bond motifs is 1. The Balaban J connectivity index is 2.10. The molecule has 0 amide bonds. The first-order chi connectivity index (χ1) is 13.1. The second kappa shape index (κ2) is 7.51. The van der Waals surface area contributed by atoms with Crippen LogP contribution in [0, 0.1) is 5.82 Å². The van der Waals surface area contributed by atoms with Gasteiger partial charge in [0.2, 0.25) is 0 Å². The fourth-order valence-corrected chi connectivity index (χ4v) is 2.81. The average Bonchev–Trinajstić information content (AvgIpc) is 2.91. The van der Waals surface area contributed by atoms with Gasteiger partial charge in [0.05, 0.1) is 17.8 Å². The number of benzene rings is 2. The molecule has 10 heteroatoms. The summed E-state index contributed by atoms with van der Waals surface area (Å²) >= 11 is 6.01. The highest BCUT2D eigenvalue weighted by molar-refractivity contribution is 6.31. The molecule has 0 unspecified atom stereocenters. The summed E-state index contributed by atoms with van der Waals surface area (Å²) in [7, 11) is 0. The first-order valence-corrected chi connectivity index (χ1v) is 8.11. The highest BCUT2D eigenvalue weighted by Gasteiger charge is 2.31. The summed E-state index contributed by atoms with van der Waals surface area (Å²) < 4.78 is 56.1. The number of carbonyl (C=O) groups is 1. The third-order valence-electron chi connectivity index (χ3n) is 3.70. The van der Waals surface area contributed by atoms with Crippen LogP contribution < -0.4 is 4.74 Å². The molecule has 3 rings (SSSR count). The van der Waals surface area contributed by atoms with Crippen molar-refractivity contribution in [3.8, 4) is 5.75 Å². The molecule has 0 bridgehead atoms. The van der Waals surface area contributed by atoms with Gasteiger partial charge in [-0.25, -0.2) is 9.18 Å². The zero-order valence-corrected chi connectivity index (χ0v) is 14.6. The molecule has 0 saturated carbocycles. The minimum absolute atomic E-state index is 0.0198. The van der Waals surface area contributed by atoms with Crippen molar-refractivity contribution in [3.63, 3.8) is 0 Å². The lowest BCUT2D eigenvalue weighted by Gasteiger charge is -2.10. The van der Waals surface area contributed by atoms with Crippen molar-refractivity contribution in [3.05, 3.63) is 64.6 Å². The van der Waals surface area contributed by atoms with Gasteiger partial charge in [-0.1, -0.05) is 17.7 Å². The van der Waals surface area contributed by atoms with Gasteiger partial charge in [0.15, 0.2) is 0 Å². The van der Waals surface area contributed by atoms with Gasteiger partial charge in [0.1, 0.15) is 11.6 Å². The molecule has 0 aliphatic rings. The molecule has 146 valence electrons. The molecule has 0 saturated heterocycles. The highest BCUT2D eigenvalue weighted by Crippen LogP contribution is 2.29. The van der Waals surface area contributed by atoms with Crippen molar-refractivity contribution < 1.29 is 32.2 Å². The molecule has 28 heavy (non-hydrogen) atoms. The molecule has 1 heterocycles. The predicted octanol–water partition coefficient (Wildman–Crippen LogP) is 4.87. The molecule has 5 nitrogen and oxygen atoms in total. The summed E-state index contributed by atoms with van der Waals surface area (Å²) in [6, 6.07) is 7.29. The van der Waals surface area contributed by atoms with Crippen molar-refractivity contribution in [2.45, 2.75) is 12.9 Å². The van der Waals surface area contributed by atoms with Crippen LogP contribution >= 0.6 is 11.6 Å². The standard InChI is InChI=1S/C18H11ClF4N2O3/c19-14-7-11(20)2-1-10(14)9-25-16-8-12(28-18(21,22)23)3-4-13(16)15(24-25)5-6-17(26)27/h1-8H,9H2,(H,26,27)/b6-5+. The quantitative estimate of drug-likeness (QED) is 0.477. The van der Waals surface area contributed by atoms with Gasteiger partial charge in [0.25, 0.3) is 0 Å². The van der Waals surface area contributed by atoms with Crippen LogP contribution in [0.3, 0.4) is 0 Å². The van der Waals surface area contributed by atoms with Gasteiger partial charge in [-0.05, 0) is 35.9 Å². The number of aliphatic carboxylic acids is 1. The summed E-state index contributed by atoms with van der Waals surface area (Å²) in [4.78, 5) is 10.8. The maximum atomic E-state index is 13.2. The van der Waals surface area contributed by atoms with Crippen molar-refractivity contribution in [2.75, 3.05) is 0 Å². The van der Waals surface area contributed by atoms with E-state index >= 15 is 0 Å². The topological polar surface area (TPSA) is 64.3 Å². The molecule has 0 spiro atoms. The summed E-state index contributed by atoms with van der Waals surface area (Å²) in [6.07, 6.45) is -2.79. The van der Waals surface area contributed by atoms with E-state index in [0.29, 0.717) is 10.9 Å². The van der Waals surface area contributed by atoms with Gasteiger partial charge >= 0.3 is 12.3 Å². The minimum Gasteiger partial charge on any atom is -0.478 e. The maximum Gasteiger partial charge on any atom is 0.573 e. The summed E-state index contributed by atoms with van der Waals surface area (Å²) in [6.45, 7) is 0.0198. The number of ether oxygens (including phenoxy) is 1. The Kier molecular flexibility index (Phi) is 5.28. The molecular weight excluding hydrogens is 404 g/mol. The van der Waals surface area contributed by atoms with E-state index in [0.717, 1.165) is 24.3 Å². The van der Waals surface area contributed by atoms with Crippen LogP contribution in [-0.2, 0) is 11.3 Å². The summed E-state index contributed by atoms with van der Waals surface area (Å²) in [5.41, 5.74) is 0.963. The molecular formula is C18H11ClF4N2O3. The third-order valence-corrected chi connectivity index (χ3v) is 4.06. The van der Waals surface area contributed by atoms with Crippen molar-refractivity contribution in [2.24, 2.45) is 0 Å². The molecule has 3 aromatic rings. The number of alkyl halides is 3. The van der Waals surface area contributed by atoms with Crippen LogP contribution in [0.1, 0.15) is 11.3 Å². The molecule has 0 aliphatic carbocycles. The van der Waals surface area contributed by atoms with Gasteiger partial charge in [-0.2, -0.15) is 5.10 Å². The van der Waals surface area contributed by atoms with Crippen LogP contribution in [0.25, 0.3) is 17.0 Å². The van der Waals surface area contributed by atoms with E-state index in [9.17, 15) is 22.4 Å². The van der Waals surface area contributed by atoms with Crippen LogP contribution in [0.5, 0.6) is 5.75 Å². The van der Waals surface area contributed by atoms with Gasteiger partial charge in [-0.15, -0.1) is 13.2 Å². The number of aromatic nitrogens is 2. The monoisotopic (exact) mass is 414 g/mol. The van der Waals surface area contributed by atoms with Crippen molar-refractivity contribution >= 4 is 34.5 Å². The molecule has 0 atom stereocenters. The highest BCUT2D eigenvalue weighted by atomic mass is 35.5. The normalized spacial score (nSPS) is 12.0. The number of nitrogens with zero attached hydrogens (tertiary/aromatic N) is 2. The Hall–Kier alpha value is -3.07. The largest absolute Gasteiger partial charge is 0.573 e. The average molecular weight is 415 g/mol. The Morgan fingerprint density at radius 1 is 1.25 bits per heavy atom. The molecule has 0 fully saturated rings. The summed E-state index contributed by atoms with van der Waals surface area (Å²) in [5.74, 6) is -2.20. The van der Waals surface area contributed by atoms with Crippen LogP contribution in [0.2, 0.25) is 5.02 Å². The number of rotatable bonds is 5. The Labute approximate surface area is 160 Å². The Morgan fingerprint density at radius 3 is 2.64 bits per heavy atom. The lowest BCUT2D eigenvalue weighted by molar-refractivity contribution is -0.274. The van der Waals surface area contributed by atoms with E-state index in [1.165, 1.54) is 29.0 Å². The lowest BCUT2D eigenvalue weighted by Crippen LogP contribution is -2.17. The maximum absolute atomic E-state index is 13.2. The van der Waals surface area contributed by atoms with Gasteiger partial charge in [-0.3, -0.25) is 4.68 Å². The van der Waals surface area contributed by atoms with E-state index < -0.39 is 23.9 Å². The van der Waals surface area contributed by atoms with E-state index in [1.807, 2.05) is 0 Å². The van der Waals surface area contributed by atoms with Gasteiger partial charge in [0, 0.05) is 22.6 Å². The van der Waals surface area contributed by atoms with Crippen molar-refractivity contribution in [1.82, 2.24) is 9.78 Å². The second-order valence-electron chi connectivity index (χ2n) is 5.68. The van der Waals surface area contributed by atoms with Crippen LogP contribution in [0.15, 0.2) is 42.5 Å². The van der Waals surface area contributed by atoms with E-state index in [4.69, 9.17) is 16.7 Å². The fourth-order valence-electron chi connectivity index (χ4n) is 2.58. The zero-order chi connectivity index (χ0) is 20.5. The van der Waals surface area contributed by atoms with E-state index in [1.54, 1.807) is 0 Å². The molecule has 1 aromatic heterocycles. The number of carboxylic acids is 1. The number of halogens is 5. The summed E-state index contributed by atoms with van der Waals surface area (Å²) in [5, 5.41) is 13.6. The molecule has 0 radical (unpaired) electrons. The van der Waals surface area contributed by atoms with Crippen LogP contribution in [0.4, 0.5) is 17.6 Å². The zero-order valence-electron chi connectivity index (χ0n) is 13.9. The fraction of sp³-hybridized carbons (Fsp3) is 0.111. The Bertz CT molecular complexity index is 1080. The second-order valence-corrected chi connectivity index (χ2v) is 6.08. The molecule has 2 aromatic carbocycles. The first-order valence-electron chi connectivity index (χ1n) is 7.73. The van der Waals surface area contributed by atoms with E-state index in [2.05, 4.69) is 9.84 Å². The SMILES string of the molecule is O=C(O)/C=C/c1nn(Cc2ccc(F)cc2Cl)c2cc(OC(F)(F)F)ccc12. The van der Waals surface area contributed by atoms with Crippen molar-refractivity contribution in [1.29, 1.82) is 0 Å². The minimum atomic E-state index is -4.87. The van der Waals surface area contributed by atoms with E-state index in [-0.39, 0.29) is 22.8 Å². The predicted molar refractivity (Wildman–Crippen MR) is 93.6 cm³/mol. The third kappa shape index (κ3) is 4.61. The van der Waals surface area contributed by atoms with Crippen LogP contribution in [-0.4, -0.2) is 27.2 Å².